The van der Waals surface area contributed by atoms with Crippen molar-refractivity contribution >= 4 is 23.2 Å². The summed E-state index contributed by atoms with van der Waals surface area (Å²) in [5.41, 5.74) is 2.42. The van der Waals surface area contributed by atoms with Crippen LogP contribution in [0.15, 0.2) is 42.5 Å². The van der Waals surface area contributed by atoms with E-state index in [0.29, 0.717) is 16.1 Å². The van der Waals surface area contributed by atoms with E-state index in [0.717, 1.165) is 11.1 Å². The van der Waals surface area contributed by atoms with E-state index >= 15 is 0 Å². The Morgan fingerprint density at radius 3 is 2.06 bits per heavy atom. The molecule has 0 N–H and O–H groups in total. The molecule has 82 valence electrons. The number of hydrogen-bond donors (Lipinski definition) is 0. The van der Waals surface area contributed by atoms with Crippen LogP contribution in [0.5, 0.6) is 0 Å². The van der Waals surface area contributed by atoms with Crippen molar-refractivity contribution in [2.75, 3.05) is 0 Å². The quantitative estimate of drug-likeness (QED) is 0.664. The number of Topliss-reactive ketones (excluding diaryl/α,β-unsaturated/α-hetero) is 2. The molecule has 0 heterocycles. The van der Waals surface area contributed by atoms with Crippen molar-refractivity contribution in [3.63, 3.8) is 0 Å². The molecule has 0 aliphatic heterocycles. The van der Waals surface area contributed by atoms with Gasteiger partial charge in [-0.1, -0.05) is 41.9 Å². The first-order valence-corrected chi connectivity index (χ1v) is 5.54. The second kappa shape index (κ2) is 3.54. The molecule has 1 aliphatic carbocycles. The van der Waals surface area contributed by atoms with E-state index in [4.69, 9.17) is 11.6 Å². The molecular weight excluding hydrogens is 236 g/mol. The molecule has 0 atom stereocenters. The van der Waals surface area contributed by atoms with Crippen molar-refractivity contribution in [2.45, 2.75) is 0 Å². The third kappa shape index (κ3) is 1.41. The Morgan fingerprint density at radius 2 is 1.29 bits per heavy atom. The van der Waals surface area contributed by atoms with E-state index in [2.05, 4.69) is 0 Å². The lowest BCUT2D eigenvalue weighted by molar-refractivity contribution is 0.0815. The number of benzene rings is 2. The molecule has 0 saturated heterocycles. The van der Waals surface area contributed by atoms with E-state index in [1.165, 1.54) is 0 Å². The van der Waals surface area contributed by atoms with Gasteiger partial charge >= 0.3 is 0 Å². The average Bonchev–Trinajstić information content (AvgIpc) is 2.36. The lowest BCUT2D eigenvalue weighted by atomic mass is 9.84. The predicted octanol–water partition coefficient (Wildman–Crippen LogP) is 3.39. The summed E-state index contributed by atoms with van der Waals surface area (Å²) in [7, 11) is 0. The van der Waals surface area contributed by atoms with Crippen molar-refractivity contribution in [1.29, 1.82) is 0 Å². The predicted molar refractivity (Wildman–Crippen MR) is 65.5 cm³/mol. The van der Waals surface area contributed by atoms with Gasteiger partial charge in [-0.3, -0.25) is 9.59 Å². The SMILES string of the molecule is O=C1C(=O)c2cc(Cl)ccc2-c2ccccc21. The Kier molecular flexibility index (Phi) is 2.13. The van der Waals surface area contributed by atoms with Gasteiger partial charge in [-0.15, -0.1) is 0 Å². The maximum Gasteiger partial charge on any atom is 0.234 e. The maximum atomic E-state index is 11.9. The summed E-state index contributed by atoms with van der Waals surface area (Å²) in [6.45, 7) is 0. The number of carbonyl (C=O) groups excluding carboxylic acids is 2. The molecule has 0 fully saturated rings. The Morgan fingerprint density at radius 1 is 0.706 bits per heavy atom. The third-order valence-electron chi connectivity index (χ3n) is 2.89. The minimum Gasteiger partial charge on any atom is -0.285 e. The van der Waals surface area contributed by atoms with E-state index in [9.17, 15) is 9.59 Å². The van der Waals surface area contributed by atoms with Crippen molar-refractivity contribution in [2.24, 2.45) is 0 Å². The molecular formula is C14H7ClO2. The minimum atomic E-state index is -0.485. The van der Waals surface area contributed by atoms with Crippen LogP contribution in [0.1, 0.15) is 20.7 Å². The van der Waals surface area contributed by atoms with Gasteiger partial charge in [0.15, 0.2) is 0 Å². The van der Waals surface area contributed by atoms with Gasteiger partial charge < -0.3 is 0 Å². The smallest absolute Gasteiger partial charge is 0.234 e. The average molecular weight is 243 g/mol. The van der Waals surface area contributed by atoms with E-state index < -0.39 is 11.6 Å². The second-order valence-electron chi connectivity index (χ2n) is 3.89. The van der Waals surface area contributed by atoms with Crippen molar-refractivity contribution < 1.29 is 9.59 Å². The lowest BCUT2D eigenvalue weighted by Gasteiger charge is -2.17. The fraction of sp³-hybridized carbons (Fsp3) is 0. The largest absolute Gasteiger partial charge is 0.285 e. The topological polar surface area (TPSA) is 34.1 Å². The lowest BCUT2D eigenvalue weighted by Crippen LogP contribution is -2.20. The number of rotatable bonds is 0. The van der Waals surface area contributed by atoms with Crippen molar-refractivity contribution in [1.82, 2.24) is 0 Å². The molecule has 0 amide bonds. The van der Waals surface area contributed by atoms with Crippen LogP contribution in [0.25, 0.3) is 11.1 Å². The molecule has 1 aliphatic rings. The highest BCUT2D eigenvalue weighted by atomic mass is 35.5. The summed E-state index contributed by atoms with van der Waals surface area (Å²) in [5.74, 6) is -0.948. The molecule has 2 aromatic carbocycles. The molecule has 0 saturated carbocycles. The number of hydrogen-bond acceptors (Lipinski definition) is 2. The second-order valence-corrected chi connectivity index (χ2v) is 4.33. The summed E-state index contributed by atoms with van der Waals surface area (Å²) < 4.78 is 0. The molecule has 3 rings (SSSR count). The highest BCUT2D eigenvalue weighted by Gasteiger charge is 2.29. The fourth-order valence-electron chi connectivity index (χ4n) is 2.10. The van der Waals surface area contributed by atoms with Gasteiger partial charge in [-0.25, -0.2) is 0 Å². The first kappa shape index (κ1) is 10.2. The highest BCUT2D eigenvalue weighted by Crippen LogP contribution is 2.34. The van der Waals surface area contributed by atoms with Crippen LogP contribution in [0.4, 0.5) is 0 Å². The monoisotopic (exact) mass is 242 g/mol. The molecule has 0 bridgehead atoms. The van der Waals surface area contributed by atoms with Gasteiger partial charge in [0, 0.05) is 16.1 Å². The Balaban J connectivity index is 2.40. The summed E-state index contributed by atoms with van der Waals surface area (Å²) in [5, 5.41) is 0.462. The highest BCUT2D eigenvalue weighted by molar-refractivity contribution is 6.53. The number of carbonyl (C=O) groups is 2. The van der Waals surface area contributed by atoms with Crippen LogP contribution in [0, 0.1) is 0 Å². The Bertz CT molecular complexity index is 659. The number of ketones is 2. The zero-order valence-electron chi connectivity index (χ0n) is 8.74. The van der Waals surface area contributed by atoms with Gasteiger partial charge in [0.1, 0.15) is 0 Å². The summed E-state index contributed by atoms with van der Waals surface area (Å²) in [6.07, 6.45) is 0. The van der Waals surface area contributed by atoms with Crippen LogP contribution in [0.2, 0.25) is 5.02 Å². The zero-order chi connectivity index (χ0) is 12.0. The van der Waals surface area contributed by atoms with Crippen LogP contribution < -0.4 is 0 Å². The van der Waals surface area contributed by atoms with Crippen LogP contribution >= 0.6 is 11.6 Å². The fourth-order valence-corrected chi connectivity index (χ4v) is 2.27. The van der Waals surface area contributed by atoms with Gasteiger partial charge in [0.05, 0.1) is 0 Å². The third-order valence-corrected chi connectivity index (χ3v) is 3.13. The van der Waals surface area contributed by atoms with Crippen molar-refractivity contribution in [3.05, 3.63) is 58.6 Å². The molecule has 2 aromatic rings. The number of fused-ring (bicyclic) bond motifs is 3. The minimum absolute atomic E-state index is 0.390. The number of halogens is 1. The first-order chi connectivity index (χ1) is 8.18. The summed E-state index contributed by atoms with van der Waals surface area (Å²) in [4.78, 5) is 23.8. The molecule has 0 spiro atoms. The summed E-state index contributed by atoms with van der Waals surface area (Å²) >= 11 is 5.85. The molecule has 3 heteroatoms. The molecule has 17 heavy (non-hydrogen) atoms. The summed E-state index contributed by atoms with van der Waals surface area (Å²) in [6, 6.07) is 12.2. The Labute approximate surface area is 103 Å². The Hall–Kier alpha value is -1.93. The normalized spacial score (nSPS) is 13.2. The maximum absolute atomic E-state index is 11.9. The first-order valence-electron chi connectivity index (χ1n) is 5.16. The van der Waals surface area contributed by atoms with E-state index in [1.54, 1.807) is 30.3 Å². The van der Waals surface area contributed by atoms with Gasteiger partial charge in [-0.05, 0) is 23.3 Å². The molecule has 0 aromatic heterocycles. The van der Waals surface area contributed by atoms with E-state index in [1.807, 2.05) is 12.1 Å². The van der Waals surface area contributed by atoms with Crippen LogP contribution in [0.3, 0.4) is 0 Å². The molecule has 0 unspecified atom stereocenters. The standard InChI is InChI=1S/C14H7ClO2/c15-8-5-6-10-9-3-1-2-4-11(9)13(16)14(17)12(10)7-8/h1-7H. The van der Waals surface area contributed by atoms with E-state index in [-0.39, 0.29) is 0 Å². The van der Waals surface area contributed by atoms with Gasteiger partial charge in [0.25, 0.3) is 0 Å². The van der Waals surface area contributed by atoms with Gasteiger partial charge in [-0.2, -0.15) is 0 Å². The molecule has 0 radical (unpaired) electrons. The molecule has 2 nitrogen and oxygen atoms in total. The zero-order valence-corrected chi connectivity index (χ0v) is 9.49. The van der Waals surface area contributed by atoms with Gasteiger partial charge in [0.2, 0.25) is 11.6 Å². The van der Waals surface area contributed by atoms with Crippen molar-refractivity contribution in [3.8, 4) is 11.1 Å². The van der Waals surface area contributed by atoms with Crippen LogP contribution in [-0.2, 0) is 0 Å². The van der Waals surface area contributed by atoms with Crippen LogP contribution in [-0.4, -0.2) is 11.6 Å².